The number of methoxy groups -OCH3 is 1. The molecule has 0 saturated heterocycles. The Bertz CT molecular complexity index is 3120. The van der Waals surface area contributed by atoms with Gasteiger partial charge in [-0.25, -0.2) is 27.4 Å². The minimum Gasteiger partial charge on any atom is -0.497 e. The Morgan fingerprint density at radius 2 is 0.970 bits per heavy atom. The van der Waals surface area contributed by atoms with Crippen molar-refractivity contribution in [3.8, 4) is 5.75 Å². The molecular formula is C30H32N8O22S7. The molecule has 0 amide bonds. The Balaban J connectivity index is 1.92. The highest BCUT2D eigenvalue weighted by Gasteiger charge is 2.25. The summed E-state index contributed by atoms with van der Waals surface area (Å²) in [5, 5.41) is 49.1. The van der Waals surface area contributed by atoms with E-state index in [-0.39, 0.29) is 41.8 Å². The van der Waals surface area contributed by atoms with Crippen LogP contribution in [0.3, 0.4) is 0 Å². The largest absolute Gasteiger partial charge is 0.497 e. The molecule has 0 bridgehead atoms. The number of anilines is 2. The third kappa shape index (κ3) is 15.0. The van der Waals surface area contributed by atoms with Gasteiger partial charge in [-0.1, -0.05) is 10.1 Å². The van der Waals surface area contributed by atoms with Crippen molar-refractivity contribution in [3.05, 3.63) is 60.7 Å². The molecule has 67 heavy (non-hydrogen) atoms. The van der Waals surface area contributed by atoms with Gasteiger partial charge >= 0.3 is 0 Å². The second-order valence-corrected chi connectivity index (χ2v) is 21.5. The number of hydrogen-bond acceptors (Lipinski definition) is 29. The summed E-state index contributed by atoms with van der Waals surface area (Å²) >= 11 is 0.150. The van der Waals surface area contributed by atoms with Gasteiger partial charge in [-0.2, -0.15) is 25.3 Å². The standard InChI is InChI=1S/C30H32N8O22S7/c1-32-29-24(37-34-22-8-5-19(15-27(22)67(51,52)53)64(43,44)12-10-56-62-60-58-40)16-23(28(31)30(29)38-35-20-6-3-17(54-2)13-25(20)65(45,46)47)36-33-21-7-4-18(14-26(21)66(48,49)50)63(41,42)11-9-55-61-59-57-39/h3-8,13-16,32,39-40H,9-12,31H2,1-2H3,(H,45,46,47)(H,48,49,50)(H,51,52,53). The highest BCUT2D eigenvalue weighted by molar-refractivity contribution is 7.92. The first-order chi connectivity index (χ1) is 31.4. The number of benzene rings is 4. The summed E-state index contributed by atoms with van der Waals surface area (Å²) in [7, 11) is -21.7. The second kappa shape index (κ2) is 23.4. The molecule has 0 aliphatic carbocycles. The van der Waals surface area contributed by atoms with Crippen LogP contribution in [0.5, 0.6) is 5.75 Å². The van der Waals surface area contributed by atoms with Gasteiger partial charge in [0, 0.05) is 13.1 Å². The predicted molar refractivity (Wildman–Crippen MR) is 229 cm³/mol. The third-order valence-electron chi connectivity index (χ3n) is 8.00. The summed E-state index contributed by atoms with van der Waals surface area (Å²) in [6.07, 6.45) is 0. The lowest BCUT2D eigenvalue weighted by Crippen LogP contribution is -2.12. The number of nitrogens with zero attached hydrogens (tertiary/aromatic N) is 6. The van der Waals surface area contributed by atoms with Crippen molar-refractivity contribution in [1.82, 2.24) is 0 Å². The summed E-state index contributed by atoms with van der Waals surface area (Å²) < 4.78 is 178. The maximum absolute atomic E-state index is 12.9. The molecule has 0 aliphatic rings. The van der Waals surface area contributed by atoms with Crippen LogP contribution in [0.1, 0.15) is 0 Å². The van der Waals surface area contributed by atoms with Gasteiger partial charge in [0.15, 0.2) is 44.3 Å². The van der Waals surface area contributed by atoms with E-state index in [4.69, 9.17) is 29.4 Å². The minimum atomic E-state index is -5.26. The summed E-state index contributed by atoms with van der Waals surface area (Å²) in [4.78, 5) is -4.20. The minimum absolute atomic E-state index is 0.0158. The molecule has 0 aliphatic heterocycles. The SMILES string of the molecule is CNc1c(N=Nc2ccc(S(=O)(=O)CCOSOOO)cc2S(=O)(=O)O)cc(N=Nc2ccc(S(=O)(=O)CCOSOOO)cc2S(=O)(=O)O)c(N)c1N=Nc1ccc(OC)cc1S(=O)(=O)O. The molecule has 0 heterocycles. The van der Waals surface area contributed by atoms with Gasteiger partial charge < -0.3 is 15.8 Å². The van der Waals surface area contributed by atoms with Crippen LogP contribution in [0.15, 0.2) is 116 Å². The number of nitrogens with one attached hydrogen (secondary N) is 1. The van der Waals surface area contributed by atoms with E-state index in [1.54, 1.807) is 0 Å². The van der Waals surface area contributed by atoms with E-state index < -0.39 is 133 Å². The molecule has 4 aromatic rings. The fraction of sp³-hybridized carbons (Fsp3) is 0.200. The van der Waals surface area contributed by atoms with Gasteiger partial charge in [-0.3, -0.25) is 22.0 Å². The third-order valence-corrected chi connectivity index (χ3v) is 14.8. The number of rotatable bonds is 25. The first-order valence-corrected chi connectivity index (χ1v) is 26.1. The molecule has 0 unspecified atom stereocenters. The van der Waals surface area contributed by atoms with Crippen LogP contribution in [-0.2, 0) is 77.1 Å². The Kier molecular flexibility index (Phi) is 19.1. The fourth-order valence-electron chi connectivity index (χ4n) is 5.01. The lowest BCUT2D eigenvalue weighted by molar-refractivity contribution is -0.434. The van der Waals surface area contributed by atoms with E-state index in [1.165, 1.54) is 20.2 Å². The average Bonchev–Trinajstić information content (AvgIpc) is 3.26. The highest BCUT2D eigenvalue weighted by atomic mass is 32.2. The maximum Gasteiger partial charge on any atom is 0.296 e. The second-order valence-electron chi connectivity index (χ2n) is 12.1. The van der Waals surface area contributed by atoms with E-state index in [2.05, 4.69) is 54.7 Å². The van der Waals surface area contributed by atoms with Crippen molar-refractivity contribution in [3.63, 3.8) is 0 Å². The van der Waals surface area contributed by atoms with Crippen LogP contribution >= 0.6 is 24.6 Å². The summed E-state index contributed by atoms with van der Waals surface area (Å²) in [5.41, 5.74) is 2.57. The molecule has 0 saturated carbocycles. The van der Waals surface area contributed by atoms with Crippen LogP contribution in [0.4, 0.5) is 45.5 Å². The van der Waals surface area contributed by atoms with Crippen molar-refractivity contribution in [1.29, 1.82) is 0 Å². The maximum atomic E-state index is 12.9. The van der Waals surface area contributed by atoms with Crippen molar-refractivity contribution in [2.45, 2.75) is 24.5 Å². The van der Waals surface area contributed by atoms with Crippen molar-refractivity contribution in [2.75, 3.05) is 49.9 Å². The number of azo groups is 3. The van der Waals surface area contributed by atoms with E-state index in [0.29, 0.717) is 12.1 Å². The van der Waals surface area contributed by atoms with Crippen LogP contribution in [0.25, 0.3) is 0 Å². The average molecular weight is 1080 g/mol. The molecule has 4 aromatic carbocycles. The monoisotopic (exact) mass is 1080 g/mol. The number of sulfone groups is 2. The Hall–Kier alpha value is -4.91. The van der Waals surface area contributed by atoms with Crippen LogP contribution < -0.4 is 15.8 Å². The van der Waals surface area contributed by atoms with Gasteiger partial charge in [0.1, 0.15) is 54.6 Å². The summed E-state index contributed by atoms with van der Waals surface area (Å²) in [6.45, 7) is -1.12. The zero-order valence-electron chi connectivity index (χ0n) is 33.4. The molecular weight excluding hydrogens is 1050 g/mol. The Morgan fingerprint density at radius 1 is 0.567 bits per heavy atom. The quantitative estimate of drug-likeness (QED) is 0.00777. The number of hydrogen-bond donors (Lipinski definition) is 7. The molecule has 0 radical (unpaired) electrons. The number of nitrogens with two attached hydrogens (primary N) is 1. The summed E-state index contributed by atoms with van der Waals surface area (Å²) in [6, 6.07) is 8.85. The molecule has 37 heteroatoms. The number of ether oxygens (including phenoxy) is 1. The predicted octanol–water partition coefficient (Wildman–Crippen LogP) is 5.85. The Morgan fingerprint density at radius 3 is 1.39 bits per heavy atom. The van der Waals surface area contributed by atoms with E-state index >= 15 is 0 Å². The van der Waals surface area contributed by atoms with E-state index in [9.17, 15) is 55.7 Å². The molecule has 0 spiro atoms. The highest BCUT2D eigenvalue weighted by Crippen LogP contribution is 2.48. The molecule has 0 aromatic heterocycles. The lowest BCUT2D eigenvalue weighted by Gasteiger charge is -2.13. The Labute approximate surface area is 387 Å². The smallest absolute Gasteiger partial charge is 0.296 e. The zero-order valence-corrected chi connectivity index (χ0v) is 39.1. The lowest BCUT2D eigenvalue weighted by atomic mass is 10.1. The van der Waals surface area contributed by atoms with E-state index in [1.807, 2.05) is 0 Å². The van der Waals surface area contributed by atoms with Gasteiger partial charge in [-0.05, 0) is 54.6 Å². The van der Waals surface area contributed by atoms with Crippen molar-refractivity contribution in [2.24, 2.45) is 30.7 Å². The van der Waals surface area contributed by atoms with Crippen LogP contribution in [0, 0.1) is 0 Å². The molecule has 8 N–H and O–H groups in total. The van der Waals surface area contributed by atoms with Gasteiger partial charge in [0.2, 0.25) is 0 Å². The van der Waals surface area contributed by atoms with Gasteiger partial charge in [0.25, 0.3) is 30.4 Å². The van der Waals surface area contributed by atoms with Gasteiger partial charge in [0.05, 0.1) is 53.0 Å². The summed E-state index contributed by atoms with van der Waals surface area (Å²) in [5.74, 6) is -1.55. The van der Waals surface area contributed by atoms with Gasteiger partial charge in [-0.15, -0.1) is 39.4 Å². The number of nitrogen functional groups attached to an aromatic ring is 1. The fourth-order valence-corrected chi connectivity index (χ4v) is 9.96. The zero-order chi connectivity index (χ0) is 49.8. The molecule has 30 nitrogen and oxygen atoms in total. The first-order valence-electron chi connectivity index (χ1n) is 17.1. The van der Waals surface area contributed by atoms with Crippen LogP contribution in [0.2, 0.25) is 0 Å². The molecule has 0 fully saturated rings. The van der Waals surface area contributed by atoms with Crippen molar-refractivity contribution < 1.29 is 98.1 Å². The molecule has 4 rings (SSSR count). The topological polar surface area (TPSA) is 449 Å². The van der Waals surface area contributed by atoms with Crippen molar-refractivity contribution >= 4 is 120 Å². The molecule has 366 valence electrons. The molecule has 0 atom stereocenters. The van der Waals surface area contributed by atoms with Crippen LogP contribution in [-0.4, -0.2) is 105 Å². The normalized spacial score (nSPS) is 13.0. The first kappa shape index (κ1) is 54.7. The van der Waals surface area contributed by atoms with E-state index in [0.717, 1.165) is 42.5 Å².